The third-order valence-corrected chi connectivity index (χ3v) is 26.9. The van der Waals surface area contributed by atoms with Gasteiger partial charge >= 0.3 is 49.5 Å². The Morgan fingerprint density at radius 2 is 0.783 bits per heavy atom. The number of aliphatic imine (C=N–C) groups is 3. The number of nitrogens with zero attached hydrogens (tertiary/aromatic N) is 9. The lowest BCUT2D eigenvalue weighted by atomic mass is 9.89. The van der Waals surface area contributed by atoms with Crippen molar-refractivity contribution in [3.8, 4) is 0 Å². The SMILES string of the molecule is CC(C)(C)OC(=O)NS(=O)(=O)Cl.COC(=O)C1=C(CN2[C@@H]3COC[C@H]2CC(N)C3)NC(c2nccs2)=N[C@H]1c1ccc(F)cc1Cl.COC(=O)C1=C(CN2[C@@H]3COC[C@H]2CC(NS(=O)(=O)NC(=O)OC(C)(C)C)C3)NC(c2nccs2)=N[C@H]1c1ccc(F)cc1Cl.COC(=O)C1=C(CN2[C@@H]3COC[C@H]2CC(NS(N)(=O)=O)C3)NC(c2nccs2)=N[C@H]1c1ccc(F)cc1Cl. The summed E-state index contributed by atoms with van der Waals surface area (Å²) >= 11 is 23.5. The number of fused-ring (bicyclic) bond motifs is 6. The fourth-order valence-corrected chi connectivity index (χ4v) is 20.8. The summed E-state index contributed by atoms with van der Waals surface area (Å²) in [4.78, 5) is 96.5. The van der Waals surface area contributed by atoms with Gasteiger partial charge in [-0.05, 0) is 116 Å². The normalized spacial score (nSPS) is 24.4. The zero-order chi connectivity index (χ0) is 93.4. The molecule has 15 rings (SSSR count). The smallest absolute Gasteiger partial charge is 0.422 e. The maximum atomic E-state index is 14.0. The average molecular weight is 1990 g/mol. The number of morpholine rings is 3. The number of thiazole rings is 3. The Kier molecular flexibility index (Phi) is 32.9. The molecule has 0 spiro atoms. The lowest BCUT2D eigenvalue weighted by molar-refractivity contribution is -0.137. The Morgan fingerprint density at radius 1 is 0.488 bits per heavy atom. The van der Waals surface area contributed by atoms with E-state index in [0.29, 0.717) is 150 Å². The minimum Gasteiger partial charge on any atom is -0.466 e. The monoisotopic (exact) mass is 1990 g/mol. The average Bonchev–Trinajstić information content (AvgIpc) is 1.68. The molecule has 3 unspecified atom stereocenters. The molecule has 0 aliphatic carbocycles. The summed E-state index contributed by atoms with van der Waals surface area (Å²) in [5.74, 6) is -1.89. The molecule has 12 heterocycles. The van der Waals surface area contributed by atoms with Crippen molar-refractivity contribution in [3.63, 3.8) is 0 Å². The first-order valence-corrected chi connectivity index (χ1v) is 49.1. The number of amides is 2. The number of benzene rings is 3. The minimum atomic E-state index is -4.21. The van der Waals surface area contributed by atoms with Crippen LogP contribution in [0.4, 0.5) is 22.8 Å². The van der Waals surface area contributed by atoms with Gasteiger partial charge in [-0.1, -0.05) is 53.0 Å². The number of piperidine rings is 3. The summed E-state index contributed by atoms with van der Waals surface area (Å²) in [6.45, 7) is 13.3. The number of carbonyl (C=O) groups excluding carboxylic acids is 5. The Morgan fingerprint density at radius 3 is 1.05 bits per heavy atom. The highest BCUT2D eigenvalue weighted by Gasteiger charge is 2.47. The van der Waals surface area contributed by atoms with Crippen molar-refractivity contribution in [2.24, 2.45) is 25.8 Å². The van der Waals surface area contributed by atoms with Gasteiger partial charge in [0.25, 0.3) is 10.2 Å². The van der Waals surface area contributed by atoms with E-state index in [9.17, 15) is 62.4 Å². The molecule has 6 fully saturated rings. The van der Waals surface area contributed by atoms with Crippen molar-refractivity contribution < 1.29 is 100 Å². The number of methoxy groups -OCH3 is 3. The highest BCUT2D eigenvalue weighted by atomic mass is 35.7. The van der Waals surface area contributed by atoms with Gasteiger partial charge in [-0.2, -0.15) is 34.7 Å². The molecule has 6 saturated heterocycles. The van der Waals surface area contributed by atoms with Gasteiger partial charge in [0.1, 0.15) is 46.8 Å². The minimum absolute atomic E-state index is 0.100. The number of nitrogens with two attached hydrogens (primary N) is 2. The number of hydrogen-bond donors (Lipinski definition) is 9. The zero-order valence-electron chi connectivity index (χ0n) is 70.7. The topological polar surface area (TPSA) is 483 Å². The Hall–Kier alpha value is -8.47. The summed E-state index contributed by atoms with van der Waals surface area (Å²) < 4.78 is 162. The quantitative estimate of drug-likeness (QED) is 0.0186. The number of amidine groups is 3. The maximum Gasteiger partial charge on any atom is 0.422 e. The second kappa shape index (κ2) is 42.6. The van der Waals surface area contributed by atoms with E-state index in [1.807, 2.05) is 15.5 Å². The summed E-state index contributed by atoms with van der Waals surface area (Å²) in [6, 6.07) is 8.22. The van der Waals surface area contributed by atoms with Gasteiger partial charge < -0.3 is 59.6 Å². The van der Waals surface area contributed by atoms with Gasteiger partial charge in [-0.3, -0.25) is 29.7 Å². The fourth-order valence-electron chi connectivity index (χ4n) is 16.2. The van der Waals surface area contributed by atoms with E-state index in [2.05, 4.69) is 59.8 Å². The second-order valence-corrected chi connectivity index (χ2v) is 41.7. The summed E-state index contributed by atoms with van der Waals surface area (Å²) in [5.41, 5.74) is 8.52. The summed E-state index contributed by atoms with van der Waals surface area (Å²) in [6.07, 6.45) is 6.15. The predicted molar refractivity (Wildman–Crippen MR) is 475 cm³/mol. The van der Waals surface area contributed by atoms with Gasteiger partial charge in [0.05, 0.1) is 77.7 Å². The maximum absolute atomic E-state index is 14.0. The van der Waals surface area contributed by atoms with Gasteiger partial charge in [0, 0.05) is 168 Å². The lowest BCUT2D eigenvalue weighted by Crippen LogP contribution is -2.62. The molecule has 0 saturated carbocycles. The van der Waals surface area contributed by atoms with Crippen LogP contribution in [-0.4, -0.2) is 249 Å². The van der Waals surface area contributed by atoms with E-state index in [1.165, 1.54) is 103 Å². The van der Waals surface area contributed by atoms with Gasteiger partial charge in [-0.25, -0.2) is 66.7 Å². The molecule has 0 radical (unpaired) electrons. The lowest BCUT2D eigenvalue weighted by Gasteiger charge is -2.49. The Balaban J connectivity index is 0.000000166. The number of rotatable bonds is 21. The van der Waals surface area contributed by atoms with Crippen LogP contribution in [0.2, 0.25) is 15.1 Å². The van der Waals surface area contributed by atoms with Crippen molar-refractivity contribution >= 4 is 157 Å². The van der Waals surface area contributed by atoms with Crippen LogP contribution in [0.3, 0.4) is 0 Å². The first kappa shape index (κ1) is 99.5. The van der Waals surface area contributed by atoms with Crippen LogP contribution in [0.1, 0.15) is 130 Å². The standard InChI is InChI=1S/C28H34ClFN6O7S2.C23H26ClFN6O5S2.C23H25ClFN5O3S.C5H10ClNO4S/c1-28(2,3)43-27(38)35-45(39,40)34-16-10-17-13-42-14-18(11-16)36(17)12-21-22(26(37)41-4)23(19-6-5-15(30)9-20(19)29)33-24(32-21)25-31-7-8-44-25;1-35-23(32)19-18(9-31-14-7-13(30-38(26,33)34)8-15(31)11-36-10-14)28-21(22-27-4-5-37-22)29-20(19)16-3-2-12(25)6-17(16)24;1-32-23(31)19-18(9-30-14-7-13(26)8-15(30)11-33-10-14)28-21(22-27-4-5-34-22)29-20(19)16-3-2-12(25)6-17(16)24;1-5(2,3)11-4(8)7-12(6,9)10/h5-9,16-18,23,34H,10-14H2,1-4H3,(H,32,33)(H,35,38);2-6,13-15,20,30H,7-11H2,1H3,(H,28,29)(H2,26,33,34);2-6,13-15,20H,7-11,26H2,1H3,(H,28,29);1-3H3,(H,7,8)/t16?,17-,18+,23-;2*13?,14-,15+,20-;/m000./s1. The van der Waals surface area contributed by atoms with Crippen LogP contribution in [0.15, 0.2) is 138 Å². The molecule has 3 aromatic heterocycles. The molecule has 700 valence electrons. The highest BCUT2D eigenvalue weighted by molar-refractivity contribution is 8.12. The van der Waals surface area contributed by atoms with Gasteiger partial charge in [0.15, 0.2) is 32.5 Å². The molecule has 6 bridgehead atoms. The molecule has 50 heteroatoms. The molecule has 11 N–H and O–H groups in total. The number of nitrogens with one attached hydrogen (secondary N) is 7. The molecule has 12 atom stereocenters. The molecule has 9 aliphatic heterocycles. The van der Waals surface area contributed by atoms with Crippen molar-refractivity contribution in [3.05, 3.63) is 187 Å². The molecular weight excluding hydrogens is 1900 g/mol. The number of esters is 3. The van der Waals surface area contributed by atoms with E-state index in [1.54, 1.807) is 71.6 Å². The van der Waals surface area contributed by atoms with Crippen LogP contribution in [0.25, 0.3) is 0 Å². The molecule has 2 amide bonds. The molecule has 129 heavy (non-hydrogen) atoms. The van der Waals surface area contributed by atoms with E-state index < -0.39 is 113 Å². The van der Waals surface area contributed by atoms with Crippen molar-refractivity contribution in [1.82, 2.24) is 64.5 Å². The van der Waals surface area contributed by atoms with Crippen LogP contribution >= 0.6 is 79.5 Å². The first-order chi connectivity index (χ1) is 60.9. The first-order valence-electron chi connectivity index (χ1n) is 40.0. The van der Waals surface area contributed by atoms with Crippen molar-refractivity contribution in [2.45, 2.75) is 164 Å². The van der Waals surface area contributed by atoms with Crippen molar-refractivity contribution in [1.29, 1.82) is 0 Å². The Labute approximate surface area is 773 Å². The zero-order valence-corrected chi connectivity index (χ0v) is 78.6. The number of hydrogen-bond acceptors (Lipinski definition) is 35. The van der Waals surface area contributed by atoms with E-state index in [4.69, 9.17) is 104 Å². The largest absolute Gasteiger partial charge is 0.466 e. The van der Waals surface area contributed by atoms with Crippen LogP contribution in [0.5, 0.6) is 0 Å². The third-order valence-electron chi connectivity index (χ3n) is 21.2. The van der Waals surface area contributed by atoms with E-state index >= 15 is 0 Å². The Bertz CT molecular complexity index is 5640. The number of halogens is 7. The molecule has 3 aromatic carbocycles. The van der Waals surface area contributed by atoms with E-state index in [0.717, 1.165) is 18.9 Å². The second-order valence-electron chi connectivity index (χ2n) is 32.7. The van der Waals surface area contributed by atoms with Gasteiger partial charge in [0.2, 0.25) is 0 Å². The van der Waals surface area contributed by atoms with Crippen LogP contribution < -0.4 is 45.7 Å². The highest BCUT2D eigenvalue weighted by Crippen LogP contribution is 2.43. The molecule has 37 nitrogen and oxygen atoms in total. The van der Waals surface area contributed by atoms with E-state index in [-0.39, 0.29) is 81.1 Å². The number of aromatic nitrogens is 3. The predicted octanol–water partition coefficient (Wildman–Crippen LogP) is 8.16. The number of ether oxygens (including phenoxy) is 8. The molecular formula is C79H95Cl4F3N18O19S6. The molecule has 6 aromatic rings. The summed E-state index contributed by atoms with van der Waals surface area (Å²) in [7, 11) is -3.51. The van der Waals surface area contributed by atoms with Gasteiger partial charge in [-0.15, -0.1) is 34.0 Å². The van der Waals surface area contributed by atoms with Crippen molar-refractivity contribution in [2.75, 3.05) is 80.6 Å². The van der Waals surface area contributed by atoms with Crippen LogP contribution in [-0.2, 0) is 81.9 Å². The molecule has 9 aliphatic rings. The third kappa shape index (κ3) is 26.5. The fraction of sp³-hybridized carbons (Fsp3) is 0.481. The summed E-state index contributed by atoms with van der Waals surface area (Å²) in [5, 5.41) is 22.9. The van der Waals surface area contributed by atoms with Crippen LogP contribution in [0, 0.1) is 17.5 Å². The number of carbonyl (C=O) groups is 5.